The van der Waals surface area contributed by atoms with E-state index < -0.39 is 10.0 Å². The zero-order valence-corrected chi connectivity index (χ0v) is 16.2. The maximum atomic E-state index is 13.1. The van der Waals surface area contributed by atoms with Gasteiger partial charge in [-0.3, -0.25) is 4.90 Å². The Morgan fingerprint density at radius 3 is 2.60 bits per heavy atom. The Kier molecular flexibility index (Phi) is 6.15. The minimum absolute atomic E-state index is 0.440. The van der Waals surface area contributed by atoms with Crippen molar-refractivity contribution in [3.05, 3.63) is 29.8 Å². The molecule has 0 amide bonds. The molecule has 0 saturated carbocycles. The monoisotopic (exact) mass is 366 g/mol. The highest BCUT2D eigenvalue weighted by atomic mass is 32.2. The first-order valence-electron chi connectivity index (χ1n) is 9.36. The van der Waals surface area contributed by atoms with Gasteiger partial charge in [-0.2, -0.15) is 4.31 Å². The first-order valence-corrected chi connectivity index (χ1v) is 10.8. The fourth-order valence-corrected chi connectivity index (χ4v) is 5.45. The molecule has 6 heteroatoms. The smallest absolute Gasteiger partial charge is 0.243 e. The van der Waals surface area contributed by atoms with Gasteiger partial charge in [0.05, 0.1) is 18.1 Å². The average molecular weight is 367 g/mol. The molecule has 0 aliphatic carbocycles. The molecule has 3 rings (SSSR count). The predicted molar refractivity (Wildman–Crippen MR) is 98.9 cm³/mol. The highest BCUT2D eigenvalue weighted by Gasteiger charge is 2.29. The summed E-state index contributed by atoms with van der Waals surface area (Å²) in [5.41, 5.74) is 0.915. The van der Waals surface area contributed by atoms with Crippen molar-refractivity contribution in [1.82, 2.24) is 9.21 Å². The van der Waals surface area contributed by atoms with Gasteiger partial charge in [-0.05, 0) is 42.9 Å². The van der Waals surface area contributed by atoms with Crippen LogP contribution in [-0.4, -0.2) is 57.0 Å². The molecule has 140 valence electrons. The lowest BCUT2D eigenvalue weighted by Crippen LogP contribution is -2.41. The number of hydrogen-bond acceptors (Lipinski definition) is 4. The Balaban J connectivity index is 1.79. The van der Waals surface area contributed by atoms with Gasteiger partial charge in [-0.25, -0.2) is 8.42 Å². The number of piperidine rings is 1. The third kappa shape index (κ3) is 4.42. The van der Waals surface area contributed by atoms with Crippen LogP contribution >= 0.6 is 0 Å². The van der Waals surface area contributed by atoms with Gasteiger partial charge in [-0.1, -0.05) is 32.0 Å². The van der Waals surface area contributed by atoms with Crippen molar-refractivity contribution in [3.8, 4) is 0 Å². The molecule has 5 nitrogen and oxygen atoms in total. The Morgan fingerprint density at radius 1 is 1.16 bits per heavy atom. The second-order valence-corrected chi connectivity index (χ2v) is 9.41. The van der Waals surface area contributed by atoms with Crippen LogP contribution in [0.25, 0.3) is 0 Å². The zero-order valence-electron chi connectivity index (χ0n) is 15.4. The van der Waals surface area contributed by atoms with E-state index in [9.17, 15) is 8.42 Å². The van der Waals surface area contributed by atoms with Crippen LogP contribution in [0.5, 0.6) is 0 Å². The highest BCUT2D eigenvalue weighted by molar-refractivity contribution is 7.89. The largest absolute Gasteiger partial charge is 0.379 e. The van der Waals surface area contributed by atoms with E-state index in [-0.39, 0.29) is 0 Å². The molecule has 2 heterocycles. The number of ether oxygens (including phenoxy) is 1. The third-order valence-corrected chi connectivity index (χ3v) is 7.44. The summed E-state index contributed by atoms with van der Waals surface area (Å²) in [7, 11) is -3.45. The summed E-state index contributed by atoms with van der Waals surface area (Å²) in [5, 5.41) is 0. The molecule has 1 unspecified atom stereocenters. The zero-order chi connectivity index (χ0) is 17.9. The molecule has 0 spiro atoms. The molecule has 0 N–H and O–H groups in total. The van der Waals surface area contributed by atoms with Gasteiger partial charge in [0, 0.05) is 26.2 Å². The molecule has 2 fully saturated rings. The van der Waals surface area contributed by atoms with Crippen molar-refractivity contribution >= 4 is 10.0 Å². The molecule has 1 aromatic carbocycles. The van der Waals surface area contributed by atoms with Gasteiger partial charge >= 0.3 is 0 Å². The summed E-state index contributed by atoms with van der Waals surface area (Å²) in [6, 6.07) is 7.48. The minimum Gasteiger partial charge on any atom is -0.379 e. The summed E-state index contributed by atoms with van der Waals surface area (Å²) in [6.45, 7) is 9.22. The van der Waals surface area contributed by atoms with Crippen LogP contribution < -0.4 is 0 Å². The Labute approximate surface area is 152 Å². The van der Waals surface area contributed by atoms with Gasteiger partial charge < -0.3 is 4.74 Å². The number of benzene rings is 1. The number of sulfonamides is 1. The van der Waals surface area contributed by atoms with Gasteiger partial charge in [0.15, 0.2) is 0 Å². The molecule has 0 radical (unpaired) electrons. The first kappa shape index (κ1) is 18.8. The minimum atomic E-state index is -3.45. The third-order valence-electron chi connectivity index (χ3n) is 5.44. The van der Waals surface area contributed by atoms with Crippen molar-refractivity contribution in [3.63, 3.8) is 0 Å². The molecule has 25 heavy (non-hydrogen) atoms. The molecule has 2 saturated heterocycles. The van der Waals surface area contributed by atoms with Crippen LogP contribution in [0.2, 0.25) is 0 Å². The topological polar surface area (TPSA) is 49.9 Å². The standard InChI is InChI=1S/C19H30N2O3S/c1-16(2)17-7-5-9-20(14-17)15-18-6-3-4-8-19(18)25(22,23)21-10-12-24-13-11-21/h3-4,6,8,16-17H,5,7,9-15H2,1-2H3. The number of likely N-dealkylation sites (tertiary alicyclic amines) is 1. The lowest BCUT2D eigenvalue weighted by molar-refractivity contribution is 0.0729. The highest BCUT2D eigenvalue weighted by Crippen LogP contribution is 2.27. The predicted octanol–water partition coefficient (Wildman–Crippen LogP) is 2.58. The summed E-state index contributed by atoms with van der Waals surface area (Å²) < 4.78 is 33.0. The van der Waals surface area contributed by atoms with Crippen LogP contribution in [0.4, 0.5) is 0 Å². The normalized spacial score (nSPS) is 23.9. The summed E-state index contributed by atoms with van der Waals surface area (Å²) >= 11 is 0. The van der Waals surface area contributed by atoms with Crippen molar-refractivity contribution in [1.29, 1.82) is 0 Å². The molecule has 0 bridgehead atoms. The Bertz CT molecular complexity index is 669. The van der Waals surface area contributed by atoms with Crippen LogP contribution in [0.3, 0.4) is 0 Å². The number of nitrogens with zero attached hydrogens (tertiary/aromatic N) is 2. The average Bonchev–Trinajstić information content (AvgIpc) is 2.63. The second kappa shape index (κ2) is 8.16. The van der Waals surface area contributed by atoms with E-state index in [1.807, 2.05) is 18.2 Å². The van der Waals surface area contributed by atoms with E-state index in [1.54, 1.807) is 10.4 Å². The maximum Gasteiger partial charge on any atom is 0.243 e. The van der Waals surface area contributed by atoms with E-state index in [4.69, 9.17) is 4.74 Å². The van der Waals surface area contributed by atoms with Crippen LogP contribution in [-0.2, 0) is 21.3 Å². The van der Waals surface area contributed by atoms with Crippen LogP contribution in [0.15, 0.2) is 29.2 Å². The number of rotatable bonds is 5. The van der Waals surface area contributed by atoms with Crippen molar-refractivity contribution in [2.24, 2.45) is 11.8 Å². The van der Waals surface area contributed by atoms with E-state index in [0.717, 1.165) is 18.7 Å². The van der Waals surface area contributed by atoms with Gasteiger partial charge in [0.2, 0.25) is 10.0 Å². The van der Waals surface area contributed by atoms with Gasteiger partial charge in [0.1, 0.15) is 0 Å². The molecular weight excluding hydrogens is 336 g/mol. The van der Waals surface area contributed by atoms with E-state index >= 15 is 0 Å². The lowest BCUT2D eigenvalue weighted by atomic mass is 9.88. The molecule has 0 aromatic heterocycles. The Morgan fingerprint density at radius 2 is 1.88 bits per heavy atom. The molecule has 2 aliphatic rings. The maximum absolute atomic E-state index is 13.1. The molecule has 1 atom stereocenters. The summed E-state index contributed by atoms with van der Waals surface area (Å²) in [4.78, 5) is 2.88. The van der Waals surface area contributed by atoms with Gasteiger partial charge in [-0.15, -0.1) is 0 Å². The molecule has 2 aliphatic heterocycles. The van der Waals surface area contributed by atoms with E-state index in [1.165, 1.54) is 12.8 Å². The summed E-state index contributed by atoms with van der Waals surface area (Å²) in [5.74, 6) is 1.38. The first-order chi connectivity index (χ1) is 12.0. The molecule has 1 aromatic rings. The van der Waals surface area contributed by atoms with E-state index in [2.05, 4.69) is 18.7 Å². The molecular formula is C19H30N2O3S. The Hall–Kier alpha value is -0.950. The number of morpholine rings is 1. The SMILES string of the molecule is CC(C)C1CCCN(Cc2ccccc2S(=O)(=O)N2CCOCC2)C1. The van der Waals surface area contributed by atoms with Gasteiger partial charge in [0.25, 0.3) is 0 Å². The van der Waals surface area contributed by atoms with Crippen LogP contribution in [0, 0.1) is 11.8 Å². The summed E-state index contributed by atoms with van der Waals surface area (Å²) in [6.07, 6.45) is 2.48. The lowest BCUT2D eigenvalue weighted by Gasteiger charge is -2.35. The number of hydrogen-bond donors (Lipinski definition) is 0. The fraction of sp³-hybridized carbons (Fsp3) is 0.684. The fourth-order valence-electron chi connectivity index (χ4n) is 3.83. The quantitative estimate of drug-likeness (QED) is 0.804. The van der Waals surface area contributed by atoms with Crippen LogP contribution in [0.1, 0.15) is 32.3 Å². The van der Waals surface area contributed by atoms with Crippen molar-refractivity contribution in [2.45, 2.75) is 38.1 Å². The second-order valence-electron chi connectivity index (χ2n) is 7.51. The van der Waals surface area contributed by atoms with Crippen molar-refractivity contribution in [2.75, 3.05) is 39.4 Å². The van der Waals surface area contributed by atoms with E-state index in [0.29, 0.717) is 49.6 Å². The van der Waals surface area contributed by atoms with Crippen molar-refractivity contribution < 1.29 is 13.2 Å².